The molecule has 104 valence electrons. The van der Waals surface area contributed by atoms with E-state index in [9.17, 15) is 9.00 Å². The molecule has 1 fully saturated rings. The maximum atomic E-state index is 12.3. The van der Waals surface area contributed by atoms with Crippen LogP contribution in [-0.4, -0.2) is 34.9 Å². The summed E-state index contributed by atoms with van der Waals surface area (Å²) >= 11 is 0. The van der Waals surface area contributed by atoms with E-state index in [2.05, 4.69) is 9.68 Å². The van der Waals surface area contributed by atoms with Gasteiger partial charge in [-0.25, -0.2) is 9.00 Å². The molecule has 1 aromatic rings. The van der Waals surface area contributed by atoms with Gasteiger partial charge in [0.1, 0.15) is 6.61 Å². The van der Waals surface area contributed by atoms with E-state index in [0.717, 1.165) is 18.5 Å². The van der Waals surface area contributed by atoms with Crippen molar-refractivity contribution in [2.75, 3.05) is 24.6 Å². The molecule has 1 unspecified atom stereocenters. The van der Waals surface area contributed by atoms with Gasteiger partial charge in [-0.05, 0) is 18.5 Å². The average Bonchev–Trinajstić information content (AvgIpc) is 2.62. The van der Waals surface area contributed by atoms with Crippen molar-refractivity contribution < 1.29 is 13.7 Å². The third-order valence-corrected chi connectivity index (χ3v) is 5.11. The monoisotopic (exact) mass is 282 g/mol. The lowest BCUT2D eigenvalue weighted by atomic mass is 10.2. The van der Waals surface area contributed by atoms with Gasteiger partial charge < -0.3 is 10.1 Å². The van der Waals surface area contributed by atoms with Gasteiger partial charge in [-0.1, -0.05) is 30.3 Å². The van der Waals surface area contributed by atoms with E-state index in [1.165, 1.54) is 0 Å². The van der Waals surface area contributed by atoms with Crippen molar-refractivity contribution in [1.29, 1.82) is 0 Å². The molecule has 0 aromatic heterocycles. The summed E-state index contributed by atoms with van der Waals surface area (Å²) in [7, 11) is -2.44. The molecule has 19 heavy (non-hydrogen) atoms. The summed E-state index contributed by atoms with van der Waals surface area (Å²) in [6.45, 7) is 1.62. The van der Waals surface area contributed by atoms with Crippen LogP contribution in [0.15, 0.2) is 34.7 Å². The molecule has 1 heterocycles. The van der Waals surface area contributed by atoms with E-state index in [1.807, 2.05) is 30.3 Å². The Kier molecular flexibility index (Phi) is 4.93. The Balaban J connectivity index is 1.94. The normalized spacial score (nSPS) is 23.4. The summed E-state index contributed by atoms with van der Waals surface area (Å²) in [4.78, 5) is 11.6. The number of carbonyl (C=O) groups excluding carboxylic acids is 1. The third-order valence-electron chi connectivity index (χ3n) is 2.86. The lowest BCUT2D eigenvalue weighted by Crippen LogP contribution is -2.19. The van der Waals surface area contributed by atoms with Crippen LogP contribution >= 0.6 is 0 Å². The van der Waals surface area contributed by atoms with E-state index in [4.69, 9.17) is 4.74 Å². The van der Waals surface area contributed by atoms with E-state index in [0.29, 0.717) is 18.1 Å². The largest absolute Gasteiger partial charge is 0.443 e. The highest BCUT2D eigenvalue weighted by atomic mass is 32.2. The third kappa shape index (κ3) is 4.65. The molecule has 0 spiro atoms. The van der Waals surface area contributed by atoms with Crippen LogP contribution in [0.2, 0.25) is 0 Å². The number of nitrogens with zero attached hydrogens (tertiary/aromatic N) is 1. The number of ether oxygens (including phenoxy) is 1. The first-order chi connectivity index (χ1) is 9.18. The minimum absolute atomic E-state index is 0.164. The SMILES string of the molecule is O=C(N=S1(=O)CCCNCC1)OCc1ccccc1. The molecule has 5 nitrogen and oxygen atoms in total. The number of carbonyl (C=O) groups is 1. The van der Waals surface area contributed by atoms with Crippen molar-refractivity contribution in [2.45, 2.75) is 13.0 Å². The summed E-state index contributed by atoms with van der Waals surface area (Å²) in [5.41, 5.74) is 0.892. The second-order valence-electron chi connectivity index (χ2n) is 4.42. The van der Waals surface area contributed by atoms with Gasteiger partial charge in [-0.2, -0.15) is 0 Å². The zero-order valence-electron chi connectivity index (χ0n) is 10.7. The van der Waals surface area contributed by atoms with Crippen LogP contribution in [0.5, 0.6) is 0 Å². The molecule has 1 amide bonds. The molecule has 1 aliphatic heterocycles. The molecular weight excluding hydrogens is 264 g/mol. The Labute approximate surface area is 113 Å². The fourth-order valence-electron chi connectivity index (χ4n) is 1.85. The zero-order chi connectivity index (χ0) is 13.6. The fraction of sp³-hybridized carbons (Fsp3) is 0.462. The zero-order valence-corrected chi connectivity index (χ0v) is 11.5. The molecule has 1 aromatic carbocycles. The molecule has 0 radical (unpaired) electrons. The maximum Gasteiger partial charge on any atom is 0.442 e. The van der Waals surface area contributed by atoms with Crippen molar-refractivity contribution in [3.05, 3.63) is 35.9 Å². The highest BCUT2D eigenvalue weighted by Gasteiger charge is 2.15. The maximum absolute atomic E-state index is 12.3. The number of hydrogen-bond acceptors (Lipinski definition) is 4. The molecule has 0 aliphatic carbocycles. The second-order valence-corrected chi connectivity index (χ2v) is 6.96. The summed E-state index contributed by atoms with van der Waals surface area (Å²) in [5, 5.41) is 3.14. The van der Waals surface area contributed by atoms with Crippen LogP contribution in [0.4, 0.5) is 4.79 Å². The quantitative estimate of drug-likeness (QED) is 0.898. The predicted molar refractivity (Wildman–Crippen MR) is 74.4 cm³/mol. The van der Waals surface area contributed by atoms with Crippen LogP contribution < -0.4 is 5.32 Å². The van der Waals surface area contributed by atoms with E-state index in [-0.39, 0.29) is 6.61 Å². The standard InChI is InChI=1S/C13H18N2O3S/c16-13(18-11-12-5-2-1-3-6-12)15-19(17)9-4-7-14-8-10-19/h1-3,5-6,14H,4,7-11H2. The van der Waals surface area contributed by atoms with Crippen LogP contribution in [0.25, 0.3) is 0 Å². The Morgan fingerprint density at radius 1 is 1.26 bits per heavy atom. The average molecular weight is 282 g/mol. The first-order valence-electron chi connectivity index (χ1n) is 6.32. The molecular formula is C13H18N2O3S. The van der Waals surface area contributed by atoms with E-state index < -0.39 is 15.8 Å². The van der Waals surface area contributed by atoms with Gasteiger partial charge in [-0.3, -0.25) is 0 Å². The Hall–Kier alpha value is -1.40. The first-order valence-corrected chi connectivity index (χ1v) is 8.17. The number of rotatable bonds is 2. The predicted octanol–water partition coefficient (Wildman–Crippen LogP) is 1.78. The van der Waals surface area contributed by atoms with Gasteiger partial charge in [0.2, 0.25) is 0 Å². The Morgan fingerprint density at radius 3 is 2.84 bits per heavy atom. The smallest absolute Gasteiger partial charge is 0.442 e. The molecule has 1 N–H and O–H groups in total. The molecule has 1 aliphatic rings. The summed E-state index contributed by atoms with van der Waals surface area (Å²) in [5.74, 6) is 0.869. The lowest BCUT2D eigenvalue weighted by molar-refractivity contribution is 0.151. The van der Waals surface area contributed by atoms with Crippen molar-refractivity contribution in [3.63, 3.8) is 0 Å². The van der Waals surface area contributed by atoms with Crippen LogP contribution in [0.3, 0.4) is 0 Å². The van der Waals surface area contributed by atoms with Gasteiger partial charge >= 0.3 is 6.09 Å². The molecule has 0 bridgehead atoms. The van der Waals surface area contributed by atoms with Crippen LogP contribution in [0, 0.1) is 0 Å². The fourth-order valence-corrected chi connectivity index (χ4v) is 3.62. The Bertz CT molecular complexity index is 522. The van der Waals surface area contributed by atoms with E-state index >= 15 is 0 Å². The molecule has 6 heteroatoms. The molecule has 0 saturated carbocycles. The van der Waals surface area contributed by atoms with Crippen molar-refractivity contribution in [1.82, 2.24) is 5.32 Å². The van der Waals surface area contributed by atoms with Gasteiger partial charge in [0, 0.05) is 18.1 Å². The van der Waals surface area contributed by atoms with Gasteiger partial charge in [0.05, 0.1) is 9.73 Å². The summed E-state index contributed by atoms with van der Waals surface area (Å²) < 4.78 is 21.1. The lowest BCUT2D eigenvalue weighted by Gasteiger charge is -2.05. The van der Waals surface area contributed by atoms with Gasteiger partial charge in [0.25, 0.3) is 0 Å². The van der Waals surface area contributed by atoms with Gasteiger partial charge in [-0.15, -0.1) is 4.36 Å². The van der Waals surface area contributed by atoms with Crippen LogP contribution in [-0.2, 0) is 21.1 Å². The first kappa shape index (κ1) is 14.0. The second kappa shape index (κ2) is 6.68. The minimum Gasteiger partial charge on any atom is -0.443 e. The number of amides is 1. The molecule has 2 rings (SSSR count). The van der Waals surface area contributed by atoms with Crippen molar-refractivity contribution in [3.8, 4) is 0 Å². The number of hydrogen-bond donors (Lipinski definition) is 1. The topological polar surface area (TPSA) is 67.8 Å². The summed E-state index contributed by atoms with van der Waals surface area (Å²) in [6, 6.07) is 9.37. The highest BCUT2D eigenvalue weighted by molar-refractivity contribution is 7.93. The molecule has 1 saturated heterocycles. The van der Waals surface area contributed by atoms with Gasteiger partial charge in [0.15, 0.2) is 0 Å². The van der Waals surface area contributed by atoms with Crippen molar-refractivity contribution >= 4 is 15.8 Å². The van der Waals surface area contributed by atoms with Crippen molar-refractivity contribution in [2.24, 2.45) is 4.36 Å². The number of nitrogens with one attached hydrogen (secondary N) is 1. The minimum atomic E-state index is -2.44. The van der Waals surface area contributed by atoms with Crippen LogP contribution in [0.1, 0.15) is 12.0 Å². The van der Waals surface area contributed by atoms with E-state index in [1.54, 1.807) is 0 Å². The summed E-state index contributed by atoms with van der Waals surface area (Å²) in [6.07, 6.45) is 0.0460. The molecule has 1 atom stereocenters. The highest BCUT2D eigenvalue weighted by Crippen LogP contribution is 2.06. The Morgan fingerprint density at radius 2 is 2.05 bits per heavy atom. The number of benzene rings is 1.